The van der Waals surface area contributed by atoms with E-state index >= 15 is 0 Å². The fraction of sp³-hybridized carbons (Fsp3) is 0.667. The third-order valence-corrected chi connectivity index (χ3v) is 5.93. The molecule has 4 heteroatoms. The molecule has 0 aromatic heterocycles. The van der Waals surface area contributed by atoms with Crippen molar-refractivity contribution in [3.05, 3.63) is 35.9 Å². The lowest BCUT2D eigenvalue weighted by Crippen LogP contribution is -2.59. The SMILES string of the molecule is C[C@@H](CC(=O)NCC1(N2CCCCC2)CCOCC1)c1ccccc1. The van der Waals surface area contributed by atoms with Crippen LogP contribution < -0.4 is 5.32 Å². The van der Waals surface area contributed by atoms with E-state index in [0.717, 1.165) is 45.7 Å². The van der Waals surface area contributed by atoms with E-state index < -0.39 is 0 Å². The Kier molecular flexibility index (Phi) is 6.49. The first-order valence-corrected chi connectivity index (χ1v) is 9.84. The van der Waals surface area contributed by atoms with E-state index in [1.807, 2.05) is 18.2 Å². The minimum absolute atomic E-state index is 0.102. The van der Waals surface area contributed by atoms with Gasteiger partial charge in [0, 0.05) is 31.7 Å². The van der Waals surface area contributed by atoms with E-state index in [1.165, 1.54) is 24.8 Å². The Bertz CT molecular complexity index is 534. The number of likely N-dealkylation sites (tertiary alicyclic amines) is 1. The summed E-state index contributed by atoms with van der Waals surface area (Å²) >= 11 is 0. The van der Waals surface area contributed by atoms with Crippen LogP contribution in [0.3, 0.4) is 0 Å². The Morgan fingerprint density at radius 1 is 1.16 bits per heavy atom. The van der Waals surface area contributed by atoms with Crippen molar-refractivity contribution in [2.75, 3.05) is 32.8 Å². The number of carbonyl (C=O) groups is 1. The number of carbonyl (C=O) groups excluding carboxylic acids is 1. The third kappa shape index (κ3) is 4.83. The zero-order valence-corrected chi connectivity index (χ0v) is 15.5. The van der Waals surface area contributed by atoms with Crippen LogP contribution >= 0.6 is 0 Å². The van der Waals surface area contributed by atoms with Gasteiger partial charge in [0.15, 0.2) is 0 Å². The summed E-state index contributed by atoms with van der Waals surface area (Å²) in [7, 11) is 0. The van der Waals surface area contributed by atoms with Crippen LogP contribution in [0.25, 0.3) is 0 Å². The summed E-state index contributed by atoms with van der Waals surface area (Å²) in [5.74, 6) is 0.418. The number of nitrogens with one attached hydrogen (secondary N) is 1. The van der Waals surface area contributed by atoms with Gasteiger partial charge in [-0.1, -0.05) is 43.7 Å². The molecule has 0 radical (unpaired) electrons. The summed E-state index contributed by atoms with van der Waals surface area (Å²) in [5, 5.41) is 3.26. The van der Waals surface area contributed by atoms with E-state index in [2.05, 4.69) is 29.3 Å². The number of hydrogen-bond acceptors (Lipinski definition) is 3. The number of rotatable bonds is 6. The first kappa shape index (κ1) is 18.4. The second-order valence-electron chi connectivity index (χ2n) is 7.68. The van der Waals surface area contributed by atoms with Gasteiger partial charge in [-0.25, -0.2) is 0 Å². The summed E-state index contributed by atoms with van der Waals surface area (Å²) in [4.78, 5) is 15.2. The molecule has 1 N–H and O–H groups in total. The molecule has 138 valence electrons. The number of ether oxygens (including phenoxy) is 1. The lowest BCUT2D eigenvalue weighted by Gasteiger charge is -2.48. The smallest absolute Gasteiger partial charge is 0.220 e. The zero-order chi connectivity index (χ0) is 17.5. The van der Waals surface area contributed by atoms with Crippen molar-refractivity contribution in [3.63, 3.8) is 0 Å². The van der Waals surface area contributed by atoms with Crippen molar-refractivity contribution in [2.45, 2.75) is 56.9 Å². The van der Waals surface area contributed by atoms with Crippen LogP contribution in [-0.2, 0) is 9.53 Å². The van der Waals surface area contributed by atoms with Gasteiger partial charge in [0.05, 0.1) is 0 Å². The first-order chi connectivity index (χ1) is 12.2. The van der Waals surface area contributed by atoms with E-state index in [-0.39, 0.29) is 17.4 Å². The van der Waals surface area contributed by atoms with Gasteiger partial charge in [0.25, 0.3) is 0 Å². The fourth-order valence-corrected chi connectivity index (χ4v) is 4.24. The quantitative estimate of drug-likeness (QED) is 0.861. The van der Waals surface area contributed by atoms with Gasteiger partial charge in [0.1, 0.15) is 0 Å². The molecule has 2 fully saturated rings. The van der Waals surface area contributed by atoms with Crippen molar-refractivity contribution in [2.24, 2.45) is 0 Å². The third-order valence-electron chi connectivity index (χ3n) is 5.93. The van der Waals surface area contributed by atoms with Gasteiger partial charge in [-0.2, -0.15) is 0 Å². The molecule has 1 aromatic rings. The molecule has 3 rings (SSSR count). The van der Waals surface area contributed by atoms with E-state index in [1.54, 1.807) is 0 Å². The first-order valence-electron chi connectivity index (χ1n) is 9.84. The second kappa shape index (κ2) is 8.81. The van der Waals surface area contributed by atoms with Crippen LogP contribution in [0.4, 0.5) is 0 Å². The van der Waals surface area contributed by atoms with Crippen LogP contribution in [0.5, 0.6) is 0 Å². The summed E-state index contributed by atoms with van der Waals surface area (Å²) in [5.41, 5.74) is 1.33. The van der Waals surface area contributed by atoms with E-state index in [9.17, 15) is 4.79 Å². The molecule has 0 unspecified atom stereocenters. The maximum absolute atomic E-state index is 12.5. The molecule has 4 nitrogen and oxygen atoms in total. The molecule has 1 amide bonds. The second-order valence-corrected chi connectivity index (χ2v) is 7.68. The average Bonchev–Trinajstić information content (AvgIpc) is 2.68. The predicted molar refractivity (Wildman–Crippen MR) is 101 cm³/mol. The molecule has 2 heterocycles. The predicted octanol–water partition coefficient (Wildman–Crippen LogP) is 3.33. The maximum atomic E-state index is 12.5. The minimum Gasteiger partial charge on any atom is -0.381 e. The molecule has 1 aromatic carbocycles. The summed E-state index contributed by atoms with van der Waals surface area (Å²) in [6.07, 6.45) is 6.51. The average molecular weight is 344 g/mol. The van der Waals surface area contributed by atoms with Crippen molar-refractivity contribution >= 4 is 5.91 Å². The Hall–Kier alpha value is -1.39. The lowest BCUT2D eigenvalue weighted by atomic mass is 9.86. The highest BCUT2D eigenvalue weighted by molar-refractivity contribution is 5.76. The summed E-state index contributed by atoms with van der Waals surface area (Å²) in [6, 6.07) is 10.3. The Labute approximate surface area is 151 Å². The Morgan fingerprint density at radius 3 is 2.52 bits per heavy atom. The molecule has 2 saturated heterocycles. The van der Waals surface area contributed by atoms with Gasteiger partial charge in [-0.05, 0) is 50.3 Å². The van der Waals surface area contributed by atoms with Gasteiger partial charge >= 0.3 is 0 Å². The van der Waals surface area contributed by atoms with Gasteiger partial charge in [0.2, 0.25) is 5.91 Å². The van der Waals surface area contributed by atoms with Gasteiger partial charge in [-0.3, -0.25) is 9.69 Å². The highest BCUT2D eigenvalue weighted by Crippen LogP contribution is 2.30. The molecular formula is C21H32N2O2. The summed E-state index contributed by atoms with van der Waals surface area (Å²) in [6.45, 7) is 6.84. The zero-order valence-electron chi connectivity index (χ0n) is 15.5. The maximum Gasteiger partial charge on any atom is 0.220 e. The van der Waals surface area contributed by atoms with Crippen molar-refractivity contribution in [1.29, 1.82) is 0 Å². The molecule has 0 bridgehead atoms. The largest absolute Gasteiger partial charge is 0.381 e. The fourth-order valence-electron chi connectivity index (χ4n) is 4.24. The number of benzene rings is 1. The number of nitrogens with zero attached hydrogens (tertiary/aromatic N) is 1. The van der Waals surface area contributed by atoms with E-state index in [4.69, 9.17) is 4.74 Å². The number of amides is 1. The number of piperidine rings is 1. The Balaban J connectivity index is 1.56. The molecule has 2 aliphatic rings. The Morgan fingerprint density at radius 2 is 1.84 bits per heavy atom. The highest BCUT2D eigenvalue weighted by Gasteiger charge is 2.39. The van der Waals surface area contributed by atoms with Crippen molar-refractivity contribution in [3.8, 4) is 0 Å². The van der Waals surface area contributed by atoms with Crippen LogP contribution in [0.15, 0.2) is 30.3 Å². The van der Waals surface area contributed by atoms with Crippen LogP contribution in [0, 0.1) is 0 Å². The molecule has 2 aliphatic heterocycles. The monoisotopic (exact) mass is 344 g/mol. The molecule has 0 spiro atoms. The standard InChI is InChI=1S/C21H32N2O2/c1-18(19-8-4-2-5-9-19)16-20(24)22-17-21(10-14-25-15-11-21)23-12-6-3-7-13-23/h2,4-5,8-9,18H,3,6-7,10-17H2,1H3,(H,22,24)/t18-/m0/s1. The van der Waals surface area contributed by atoms with Crippen molar-refractivity contribution in [1.82, 2.24) is 10.2 Å². The number of hydrogen-bond donors (Lipinski definition) is 1. The minimum atomic E-state index is 0.102. The molecule has 0 aliphatic carbocycles. The van der Waals surface area contributed by atoms with E-state index in [0.29, 0.717) is 6.42 Å². The topological polar surface area (TPSA) is 41.6 Å². The molecular weight excluding hydrogens is 312 g/mol. The molecule has 0 saturated carbocycles. The lowest BCUT2D eigenvalue weighted by molar-refractivity contribution is -0.123. The highest BCUT2D eigenvalue weighted by atomic mass is 16.5. The van der Waals surface area contributed by atoms with Crippen LogP contribution in [0.1, 0.15) is 56.9 Å². The van der Waals surface area contributed by atoms with Crippen LogP contribution in [0.2, 0.25) is 0 Å². The normalized spacial score (nSPS) is 22.3. The molecule has 1 atom stereocenters. The molecule has 25 heavy (non-hydrogen) atoms. The van der Waals surface area contributed by atoms with Crippen molar-refractivity contribution < 1.29 is 9.53 Å². The van der Waals surface area contributed by atoms with Gasteiger partial charge in [-0.15, -0.1) is 0 Å². The van der Waals surface area contributed by atoms with Crippen LogP contribution in [-0.4, -0.2) is 49.2 Å². The van der Waals surface area contributed by atoms with Gasteiger partial charge < -0.3 is 10.1 Å². The summed E-state index contributed by atoms with van der Waals surface area (Å²) < 4.78 is 5.61.